The van der Waals surface area contributed by atoms with Gasteiger partial charge in [0.15, 0.2) is 0 Å². The highest BCUT2D eigenvalue weighted by Gasteiger charge is 2.06. The van der Waals surface area contributed by atoms with Gasteiger partial charge in [0.1, 0.15) is 11.6 Å². The Bertz CT molecular complexity index is 781. The fourth-order valence-electron chi connectivity index (χ4n) is 2.34. The zero-order valence-corrected chi connectivity index (χ0v) is 11.5. The van der Waals surface area contributed by atoms with Crippen molar-refractivity contribution in [2.45, 2.75) is 13.8 Å². The SMILES string of the molecule is Cc1cc(Nc2ccccc2O)nc2c(C)cccc12. The number of anilines is 2. The summed E-state index contributed by atoms with van der Waals surface area (Å²) in [4.78, 5) is 4.65. The Balaban J connectivity index is 2.09. The molecular formula is C17H16N2O. The molecule has 0 bridgehead atoms. The predicted molar refractivity (Wildman–Crippen MR) is 82.6 cm³/mol. The molecule has 3 nitrogen and oxygen atoms in total. The van der Waals surface area contributed by atoms with Gasteiger partial charge in [-0.1, -0.05) is 30.3 Å². The van der Waals surface area contributed by atoms with Crippen LogP contribution in [0, 0.1) is 13.8 Å². The topological polar surface area (TPSA) is 45.1 Å². The van der Waals surface area contributed by atoms with Crippen molar-refractivity contribution in [2.75, 3.05) is 5.32 Å². The summed E-state index contributed by atoms with van der Waals surface area (Å²) in [5.41, 5.74) is 3.96. The number of phenols is 1. The Kier molecular flexibility index (Phi) is 3.03. The van der Waals surface area contributed by atoms with Crippen LogP contribution >= 0.6 is 0 Å². The lowest BCUT2D eigenvalue weighted by molar-refractivity contribution is 0.477. The number of aromatic hydroxyl groups is 1. The fourth-order valence-corrected chi connectivity index (χ4v) is 2.34. The van der Waals surface area contributed by atoms with Gasteiger partial charge in [-0.3, -0.25) is 0 Å². The van der Waals surface area contributed by atoms with Crippen molar-refractivity contribution in [3.05, 3.63) is 59.7 Å². The molecule has 0 aliphatic heterocycles. The van der Waals surface area contributed by atoms with Crippen LogP contribution in [0.3, 0.4) is 0 Å². The molecule has 1 heterocycles. The van der Waals surface area contributed by atoms with Gasteiger partial charge < -0.3 is 10.4 Å². The first kappa shape index (κ1) is 12.5. The molecule has 0 aliphatic rings. The molecule has 0 amide bonds. The molecule has 0 radical (unpaired) electrons. The van der Waals surface area contributed by atoms with Gasteiger partial charge in [0.25, 0.3) is 0 Å². The second-order valence-corrected chi connectivity index (χ2v) is 4.94. The van der Waals surface area contributed by atoms with E-state index in [1.807, 2.05) is 24.3 Å². The minimum Gasteiger partial charge on any atom is -0.506 e. The van der Waals surface area contributed by atoms with Crippen molar-refractivity contribution in [2.24, 2.45) is 0 Å². The summed E-state index contributed by atoms with van der Waals surface area (Å²) in [6.07, 6.45) is 0. The number of pyridine rings is 1. The average molecular weight is 264 g/mol. The van der Waals surface area contributed by atoms with Crippen LogP contribution in [0.25, 0.3) is 10.9 Å². The van der Waals surface area contributed by atoms with E-state index in [1.165, 1.54) is 0 Å². The number of benzene rings is 2. The Labute approximate surface area is 117 Å². The molecule has 0 saturated heterocycles. The summed E-state index contributed by atoms with van der Waals surface area (Å²) >= 11 is 0. The zero-order chi connectivity index (χ0) is 14.1. The molecule has 3 rings (SSSR count). The van der Waals surface area contributed by atoms with Crippen LogP contribution in [0.2, 0.25) is 0 Å². The number of rotatable bonds is 2. The van der Waals surface area contributed by atoms with Crippen LogP contribution in [0.15, 0.2) is 48.5 Å². The van der Waals surface area contributed by atoms with E-state index in [2.05, 4.69) is 36.3 Å². The average Bonchev–Trinajstić information content (AvgIpc) is 2.43. The van der Waals surface area contributed by atoms with Gasteiger partial charge >= 0.3 is 0 Å². The smallest absolute Gasteiger partial charge is 0.139 e. The minimum atomic E-state index is 0.219. The van der Waals surface area contributed by atoms with E-state index >= 15 is 0 Å². The van der Waals surface area contributed by atoms with E-state index in [0.717, 1.165) is 27.8 Å². The Hall–Kier alpha value is -2.55. The first-order valence-electron chi connectivity index (χ1n) is 6.57. The second-order valence-electron chi connectivity index (χ2n) is 4.94. The van der Waals surface area contributed by atoms with E-state index in [4.69, 9.17) is 0 Å². The molecule has 100 valence electrons. The highest BCUT2D eigenvalue weighted by molar-refractivity contribution is 5.87. The normalized spacial score (nSPS) is 10.7. The summed E-state index contributed by atoms with van der Waals surface area (Å²) < 4.78 is 0. The van der Waals surface area contributed by atoms with Crippen molar-refractivity contribution < 1.29 is 5.11 Å². The van der Waals surface area contributed by atoms with Crippen LogP contribution in [-0.2, 0) is 0 Å². The molecule has 0 spiro atoms. The van der Waals surface area contributed by atoms with Crippen LogP contribution < -0.4 is 5.32 Å². The summed E-state index contributed by atoms with van der Waals surface area (Å²) in [6, 6.07) is 15.3. The van der Waals surface area contributed by atoms with Gasteiger partial charge in [-0.15, -0.1) is 0 Å². The number of aromatic nitrogens is 1. The fraction of sp³-hybridized carbons (Fsp3) is 0.118. The van der Waals surface area contributed by atoms with Crippen molar-refractivity contribution >= 4 is 22.4 Å². The summed E-state index contributed by atoms with van der Waals surface area (Å²) in [5, 5.41) is 14.2. The van der Waals surface area contributed by atoms with Crippen LogP contribution in [0.4, 0.5) is 11.5 Å². The largest absolute Gasteiger partial charge is 0.506 e. The maximum Gasteiger partial charge on any atom is 0.139 e. The number of hydrogen-bond donors (Lipinski definition) is 2. The summed E-state index contributed by atoms with van der Waals surface area (Å²) in [5.74, 6) is 0.961. The van der Waals surface area contributed by atoms with Gasteiger partial charge in [-0.05, 0) is 43.2 Å². The maximum absolute atomic E-state index is 9.82. The Morgan fingerprint density at radius 2 is 1.75 bits per heavy atom. The van der Waals surface area contributed by atoms with Crippen molar-refractivity contribution in [1.82, 2.24) is 4.98 Å². The molecule has 0 aliphatic carbocycles. The third-order valence-corrected chi connectivity index (χ3v) is 3.41. The van der Waals surface area contributed by atoms with E-state index in [-0.39, 0.29) is 5.75 Å². The lowest BCUT2D eigenvalue weighted by atomic mass is 10.1. The third kappa shape index (κ3) is 2.18. The monoisotopic (exact) mass is 264 g/mol. The van der Waals surface area contributed by atoms with E-state index in [1.54, 1.807) is 12.1 Å². The number of nitrogens with zero attached hydrogens (tertiary/aromatic N) is 1. The van der Waals surface area contributed by atoms with E-state index in [9.17, 15) is 5.11 Å². The molecule has 2 N–H and O–H groups in total. The molecule has 0 fully saturated rings. The first-order chi connectivity index (χ1) is 9.65. The highest BCUT2D eigenvalue weighted by Crippen LogP contribution is 2.28. The number of para-hydroxylation sites is 3. The number of nitrogens with one attached hydrogen (secondary N) is 1. The van der Waals surface area contributed by atoms with Gasteiger partial charge in [0.2, 0.25) is 0 Å². The predicted octanol–water partition coefficient (Wildman–Crippen LogP) is 4.30. The second kappa shape index (κ2) is 4.85. The molecule has 2 aromatic carbocycles. The molecule has 20 heavy (non-hydrogen) atoms. The van der Waals surface area contributed by atoms with Crippen LogP contribution in [0.1, 0.15) is 11.1 Å². The lowest BCUT2D eigenvalue weighted by Crippen LogP contribution is -1.96. The number of hydrogen-bond acceptors (Lipinski definition) is 3. The van der Waals surface area contributed by atoms with Crippen molar-refractivity contribution in [3.8, 4) is 5.75 Å². The number of aryl methyl sites for hydroxylation is 2. The molecule has 0 saturated carbocycles. The standard InChI is InChI=1S/C17H16N2O/c1-11-6-5-7-13-12(2)10-16(19-17(11)13)18-14-8-3-4-9-15(14)20/h3-10,20H,1-2H3,(H,18,19). The van der Waals surface area contributed by atoms with Gasteiger partial charge in [-0.25, -0.2) is 4.98 Å². The third-order valence-electron chi connectivity index (χ3n) is 3.41. The molecule has 0 atom stereocenters. The summed E-state index contributed by atoms with van der Waals surface area (Å²) in [7, 11) is 0. The molecule has 0 unspecified atom stereocenters. The zero-order valence-electron chi connectivity index (χ0n) is 11.5. The molecule has 3 heteroatoms. The molecule has 1 aromatic heterocycles. The highest BCUT2D eigenvalue weighted by atomic mass is 16.3. The minimum absolute atomic E-state index is 0.219. The first-order valence-corrected chi connectivity index (χ1v) is 6.57. The number of fused-ring (bicyclic) bond motifs is 1. The lowest BCUT2D eigenvalue weighted by Gasteiger charge is -2.11. The van der Waals surface area contributed by atoms with Crippen LogP contribution in [0.5, 0.6) is 5.75 Å². The van der Waals surface area contributed by atoms with Crippen molar-refractivity contribution in [3.63, 3.8) is 0 Å². The van der Waals surface area contributed by atoms with Gasteiger partial charge in [0.05, 0.1) is 11.2 Å². The van der Waals surface area contributed by atoms with E-state index in [0.29, 0.717) is 5.69 Å². The molecule has 3 aromatic rings. The Morgan fingerprint density at radius 1 is 0.950 bits per heavy atom. The molecular weight excluding hydrogens is 248 g/mol. The van der Waals surface area contributed by atoms with Crippen molar-refractivity contribution in [1.29, 1.82) is 0 Å². The van der Waals surface area contributed by atoms with Crippen LogP contribution in [-0.4, -0.2) is 10.1 Å². The van der Waals surface area contributed by atoms with Gasteiger partial charge in [-0.2, -0.15) is 0 Å². The summed E-state index contributed by atoms with van der Waals surface area (Å²) in [6.45, 7) is 4.12. The van der Waals surface area contributed by atoms with E-state index < -0.39 is 0 Å². The Morgan fingerprint density at radius 3 is 2.55 bits per heavy atom. The number of phenolic OH excluding ortho intramolecular Hbond substituents is 1. The van der Waals surface area contributed by atoms with Gasteiger partial charge in [0, 0.05) is 5.39 Å². The maximum atomic E-state index is 9.82. The quantitative estimate of drug-likeness (QED) is 0.678.